The molecule has 4 N–H and O–H groups in total. The molecule has 1 aromatic rings. The summed E-state index contributed by atoms with van der Waals surface area (Å²) in [6.07, 6.45) is 0. The number of hydrogen-bond acceptors (Lipinski definition) is 5. The molecule has 0 saturated heterocycles. The first-order chi connectivity index (χ1) is 8.92. The second-order valence-electron chi connectivity index (χ2n) is 4.20. The van der Waals surface area contributed by atoms with Gasteiger partial charge in [0.2, 0.25) is 0 Å². The van der Waals surface area contributed by atoms with Crippen LogP contribution in [0, 0.1) is 5.82 Å². The van der Waals surface area contributed by atoms with Gasteiger partial charge in [-0.05, 0) is 18.2 Å². The van der Waals surface area contributed by atoms with E-state index in [1.807, 2.05) is 0 Å². The molecular formula is C11H8FN3O3S. The largest absolute Gasteiger partial charge is 0.378 e. The molecule has 6 nitrogen and oxygen atoms in total. The van der Waals surface area contributed by atoms with Crippen molar-refractivity contribution in [2.75, 3.05) is 5.32 Å². The number of aliphatic hydroxyl groups is 1. The van der Waals surface area contributed by atoms with Gasteiger partial charge in [0.05, 0.1) is 0 Å². The summed E-state index contributed by atoms with van der Waals surface area (Å²) in [7, 11) is 0. The number of halogens is 1. The molecule has 8 heteroatoms. The van der Waals surface area contributed by atoms with Gasteiger partial charge in [-0.3, -0.25) is 9.59 Å². The van der Waals surface area contributed by atoms with Crippen molar-refractivity contribution in [2.45, 2.75) is 10.9 Å². The van der Waals surface area contributed by atoms with Gasteiger partial charge >= 0.3 is 0 Å². The molecule has 2 aliphatic heterocycles. The molecule has 0 aliphatic carbocycles. The van der Waals surface area contributed by atoms with Gasteiger partial charge in [0.1, 0.15) is 11.1 Å². The van der Waals surface area contributed by atoms with Crippen LogP contribution in [-0.4, -0.2) is 27.3 Å². The lowest BCUT2D eigenvalue weighted by atomic mass is 9.91. The van der Waals surface area contributed by atoms with Gasteiger partial charge in [0.25, 0.3) is 11.8 Å². The van der Waals surface area contributed by atoms with Gasteiger partial charge < -0.3 is 16.2 Å². The number of nitrogens with one attached hydrogen (secondary N) is 1. The maximum Gasteiger partial charge on any atom is 0.265 e. The maximum absolute atomic E-state index is 13.3. The first kappa shape index (κ1) is 12.1. The van der Waals surface area contributed by atoms with E-state index in [1.54, 1.807) is 0 Å². The summed E-state index contributed by atoms with van der Waals surface area (Å²) >= 11 is 0.788. The van der Waals surface area contributed by atoms with E-state index in [2.05, 4.69) is 10.3 Å². The van der Waals surface area contributed by atoms with Gasteiger partial charge in [0, 0.05) is 11.3 Å². The molecule has 0 radical (unpaired) electrons. The number of aliphatic imine (C=N–C) groups is 1. The van der Waals surface area contributed by atoms with Crippen LogP contribution in [0.2, 0.25) is 0 Å². The zero-order valence-electron chi connectivity index (χ0n) is 9.38. The number of rotatable bonds is 1. The molecule has 1 aromatic carbocycles. The molecule has 0 aromatic heterocycles. The minimum absolute atomic E-state index is 0.0215. The van der Waals surface area contributed by atoms with Gasteiger partial charge in [0.15, 0.2) is 10.8 Å². The number of fused-ring (bicyclic) bond motifs is 1. The number of thioether (sulfide) groups is 1. The minimum Gasteiger partial charge on any atom is -0.378 e. The number of amides is 2. The van der Waals surface area contributed by atoms with Crippen LogP contribution >= 0.6 is 11.8 Å². The lowest BCUT2D eigenvalue weighted by Crippen LogP contribution is -2.46. The number of anilines is 1. The van der Waals surface area contributed by atoms with E-state index in [4.69, 9.17) is 5.73 Å². The van der Waals surface area contributed by atoms with Crippen molar-refractivity contribution in [3.05, 3.63) is 29.6 Å². The Labute approximate surface area is 110 Å². The quantitative estimate of drug-likeness (QED) is 0.668. The summed E-state index contributed by atoms with van der Waals surface area (Å²) < 4.78 is 13.3. The maximum atomic E-state index is 13.3. The van der Waals surface area contributed by atoms with E-state index in [9.17, 15) is 19.1 Å². The van der Waals surface area contributed by atoms with Crippen molar-refractivity contribution in [3.8, 4) is 0 Å². The first-order valence-electron chi connectivity index (χ1n) is 5.31. The summed E-state index contributed by atoms with van der Waals surface area (Å²) in [5, 5.41) is 11.8. The molecule has 2 amide bonds. The third kappa shape index (κ3) is 1.57. The summed E-state index contributed by atoms with van der Waals surface area (Å²) in [5.41, 5.74) is 3.54. The molecule has 0 spiro atoms. The number of carbonyl (C=O) groups is 2. The highest BCUT2D eigenvalue weighted by atomic mass is 32.2. The Hall–Kier alpha value is -1.93. The first-order valence-corrected chi connectivity index (χ1v) is 6.19. The van der Waals surface area contributed by atoms with Gasteiger partial charge in [-0.25, -0.2) is 4.39 Å². The van der Waals surface area contributed by atoms with E-state index in [0.717, 1.165) is 23.9 Å². The van der Waals surface area contributed by atoms with E-state index in [1.165, 1.54) is 6.07 Å². The number of amidine groups is 1. The van der Waals surface area contributed by atoms with Crippen LogP contribution in [0.4, 0.5) is 10.1 Å². The zero-order valence-corrected chi connectivity index (χ0v) is 10.2. The number of nitrogens with zero attached hydrogens (tertiary/aromatic N) is 1. The SMILES string of the molecule is NC1=NC(=O)[C@@H]([C@]2(O)C(=O)Nc3ccc(F)cc32)S1. The second kappa shape index (κ2) is 3.78. The van der Waals surface area contributed by atoms with Crippen LogP contribution in [0.1, 0.15) is 5.56 Å². The van der Waals surface area contributed by atoms with Crippen molar-refractivity contribution in [2.24, 2.45) is 10.7 Å². The fourth-order valence-electron chi connectivity index (χ4n) is 2.17. The molecule has 2 aliphatic rings. The Morgan fingerprint density at radius 1 is 1.47 bits per heavy atom. The highest BCUT2D eigenvalue weighted by molar-refractivity contribution is 8.15. The van der Waals surface area contributed by atoms with Crippen LogP contribution in [0.3, 0.4) is 0 Å². The standard InChI is InChI=1S/C11H8FN3O3S/c12-4-1-2-6-5(3-4)11(18,9(17)14-6)7-8(16)15-10(13)19-7/h1-3,7,18H,(H,14,17)(H2,13,15,16)/t7-,11-/m0/s1. The normalized spacial score (nSPS) is 29.2. The van der Waals surface area contributed by atoms with Crippen LogP contribution in [0.25, 0.3) is 0 Å². The summed E-state index contributed by atoms with van der Waals surface area (Å²) in [4.78, 5) is 27.1. The van der Waals surface area contributed by atoms with E-state index in [0.29, 0.717) is 0 Å². The number of carbonyl (C=O) groups excluding carboxylic acids is 2. The van der Waals surface area contributed by atoms with Crippen LogP contribution < -0.4 is 11.1 Å². The molecule has 2 heterocycles. The topological polar surface area (TPSA) is 105 Å². The molecule has 0 unspecified atom stereocenters. The Balaban J connectivity index is 2.13. The van der Waals surface area contributed by atoms with Crippen LogP contribution in [0.15, 0.2) is 23.2 Å². The molecule has 2 atom stereocenters. The summed E-state index contributed by atoms with van der Waals surface area (Å²) in [5.74, 6) is -2.11. The van der Waals surface area contributed by atoms with E-state index < -0.39 is 28.5 Å². The fraction of sp³-hybridized carbons (Fsp3) is 0.182. The average molecular weight is 281 g/mol. The van der Waals surface area contributed by atoms with Gasteiger partial charge in [-0.2, -0.15) is 4.99 Å². The molecular weight excluding hydrogens is 273 g/mol. The number of hydrogen-bond donors (Lipinski definition) is 3. The number of nitrogens with two attached hydrogens (primary N) is 1. The van der Waals surface area contributed by atoms with Crippen LogP contribution in [0.5, 0.6) is 0 Å². The molecule has 3 rings (SSSR count). The molecule has 19 heavy (non-hydrogen) atoms. The Morgan fingerprint density at radius 3 is 2.84 bits per heavy atom. The average Bonchev–Trinajstić information content (AvgIpc) is 2.80. The van der Waals surface area contributed by atoms with Crippen molar-refractivity contribution in [1.29, 1.82) is 0 Å². The number of benzene rings is 1. The molecule has 0 bridgehead atoms. The van der Waals surface area contributed by atoms with Crippen molar-refractivity contribution < 1.29 is 19.1 Å². The molecule has 0 fully saturated rings. The van der Waals surface area contributed by atoms with Crippen molar-refractivity contribution in [3.63, 3.8) is 0 Å². The highest BCUT2D eigenvalue weighted by Crippen LogP contribution is 2.44. The van der Waals surface area contributed by atoms with Crippen molar-refractivity contribution in [1.82, 2.24) is 0 Å². The lowest BCUT2D eigenvalue weighted by Gasteiger charge is -2.24. The Bertz CT molecular complexity index is 648. The highest BCUT2D eigenvalue weighted by Gasteiger charge is 2.56. The smallest absolute Gasteiger partial charge is 0.265 e. The summed E-state index contributed by atoms with van der Waals surface area (Å²) in [6, 6.07) is 3.50. The monoisotopic (exact) mass is 281 g/mol. The summed E-state index contributed by atoms with van der Waals surface area (Å²) in [6.45, 7) is 0. The van der Waals surface area contributed by atoms with Crippen LogP contribution in [-0.2, 0) is 15.2 Å². The predicted molar refractivity (Wildman–Crippen MR) is 66.9 cm³/mol. The van der Waals surface area contributed by atoms with E-state index in [-0.39, 0.29) is 16.4 Å². The Kier molecular flexibility index (Phi) is 2.41. The fourth-order valence-corrected chi connectivity index (χ4v) is 3.11. The molecule has 0 saturated carbocycles. The van der Waals surface area contributed by atoms with E-state index >= 15 is 0 Å². The van der Waals surface area contributed by atoms with Gasteiger partial charge in [-0.1, -0.05) is 11.8 Å². The van der Waals surface area contributed by atoms with Gasteiger partial charge in [-0.15, -0.1) is 0 Å². The van der Waals surface area contributed by atoms with Crippen molar-refractivity contribution >= 4 is 34.4 Å². The lowest BCUT2D eigenvalue weighted by molar-refractivity contribution is -0.138. The second-order valence-corrected chi connectivity index (χ2v) is 5.32. The Morgan fingerprint density at radius 2 is 2.21 bits per heavy atom. The third-order valence-electron chi connectivity index (χ3n) is 3.05. The zero-order chi connectivity index (χ0) is 13.8. The predicted octanol–water partition coefficient (Wildman–Crippen LogP) is -0.0779. The third-order valence-corrected chi connectivity index (χ3v) is 4.16. The minimum atomic E-state index is -2.16. The molecule has 98 valence electrons.